The first-order valence-corrected chi connectivity index (χ1v) is 7.99. The molecule has 0 atom stereocenters. The summed E-state index contributed by atoms with van der Waals surface area (Å²) >= 11 is 0. The van der Waals surface area contributed by atoms with Gasteiger partial charge < -0.3 is 5.32 Å². The van der Waals surface area contributed by atoms with Gasteiger partial charge in [0.15, 0.2) is 0 Å². The largest absolute Gasteiger partial charge is 0.314 e. The number of hydrogen-bond donors (Lipinski definition) is 3. The maximum Gasteiger partial charge on any atom is 0.265 e. The van der Waals surface area contributed by atoms with Crippen molar-refractivity contribution in [2.75, 3.05) is 11.8 Å². The zero-order chi connectivity index (χ0) is 15.6. The molecule has 0 unspecified atom stereocenters. The van der Waals surface area contributed by atoms with Crippen LogP contribution in [0.1, 0.15) is 22.8 Å². The smallest absolute Gasteiger partial charge is 0.265 e. The molecule has 7 nitrogen and oxygen atoms in total. The molecule has 8 heteroatoms. The fraction of sp³-hybridized carbons (Fsp3) is 0.385. The first-order valence-electron chi connectivity index (χ1n) is 6.50. The standard InChI is InChI=1S/C13H19N5O2S/c1-8-5-6-11(9(2)15-8)18-21(19,20)13-10(3)16-17-12(13)7-14-4/h5-6,14,18H,7H2,1-4H3,(H,16,17). The van der Waals surface area contributed by atoms with E-state index in [1.807, 2.05) is 6.92 Å². The maximum atomic E-state index is 12.6. The van der Waals surface area contributed by atoms with E-state index in [9.17, 15) is 8.42 Å². The summed E-state index contributed by atoms with van der Waals surface area (Å²) < 4.78 is 27.8. The Morgan fingerprint density at radius 2 is 1.95 bits per heavy atom. The van der Waals surface area contributed by atoms with E-state index in [4.69, 9.17) is 0 Å². The van der Waals surface area contributed by atoms with Gasteiger partial charge in [0.25, 0.3) is 10.0 Å². The van der Waals surface area contributed by atoms with Crippen molar-refractivity contribution in [3.05, 3.63) is 34.9 Å². The lowest BCUT2D eigenvalue weighted by molar-refractivity contribution is 0.598. The molecule has 0 amide bonds. The Morgan fingerprint density at radius 1 is 1.24 bits per heavy atom. The van der Waals surface area contributed by atoms with Crippen LogP contribution in [0, 0.1) is 20.8 Å². The lowest BCUT2D eigenvalue weighted by Crippen LogP contribution is -2.18. The average molecular weight is 309 g/mol. The first-order chi connectivity index (χ1) is 9.85. The summed E-state index contributed by atoms with van der Waals surface area (Å²) in [5.41, 5.74) is 2.91. The quantitative estimate of drug-likeness (QED) is 0.772. The molecule has 0 aliphatic rings. The van der Waals surface area contributed by atoms with Gasteiger partial charge in [-0.05, 0) is 40.0 Å². The molecular weight excluding hydrogens is 290 g/mol. The number of hydrogen-bond acceptors (Lipinski definition) is 5. The maximum absolute atomic E-state index is 12.6. The molecule has 0 aromatic carbocycles. The third kappa shape index (κ3) is 3.22. The fourth-order valence-electron chi connectivity index (χ4n) is 2.10. The molecule has 0 spiro atoms. The van der Waals surface area contributed by atoms with E-state index in [-0.39, 0.29) is 4.90 Å². The van der Waals surface area contributed by atoms with E-state index >= 15 is 0 Å². The van der Waals surface area contributed by atoms with E-state index in [1.54, 1.807) is 33.0 Å². The molecule has 2 aromatic rings. The SMILES string of the molecule is CNCc1n[nH]c(C)c1S(=O)(=O)Nc1ccc(C)nc1C. The third-order valence-electron chi connectivity index (χ3n) is 3.04. The summed E-state index contributed by atoms with van der Waals surface area (Å²) in [6.07, 6.45) is 0. The van der Waals surface area contributed by atoms with Gasteiger partial charge in [-0.1, -0.05) is 0 Å². The predicted molar refractivity (Wildman–Crippen MR) is 80.6 cm³/mol. The van der Waals surface area contributed by atoms with Gasteiger partial charge in [0.05, 0.1) is 22.8 Å². The van der Waals surface area contributed by atoms with Crippen LogP contribution in [0.5, 0.6) is 0 Å². The number of pyridine rings is 1. The van der Waals surface area contributed by atoms with Crippen molar-refractivity contribution < 1.29 is 8.42 Å². The molecule has 2 rings (SSSR count). The zero-order valence-corrected chi connectivity index (χ0v) is 13.3. The highest BCUT2D eigenvalue weighted by molar-refractivity contribution is 7.92. The Morgan fingerprint density at radius 3 is 2.57 bits per heavy atom. The first kappa shape index (κ1) is 15.5. The van der Waals surface area contributed by atoms with Crippen molar-refractivity contribution in [2.24, 2.45) is 0 Å². The fourth-order valence-corrected chi connectivity index (χ4v) is 3.59. The van der Waals surface area contributed by atoms with Crippen molar-refractivity contribution in [2.45, 2.75) is 32.2 Å². The summed E-state index contributed by atoms with van der Waals surface area (Å²) in [5.74, 6) is 0. The second kappa shape index (κ2) is 5.82. The lowest BCUT2D eigenvalue weighted by atomic mass is 10.3. The van der Waals surface area contributed by atoms with Crippen LogP contribution in [-0.2, 0) is 16.6 Å². The van der Waals surface area contributed by atoms with Gasteiger partial charge in [-0.15, -0.1) is 0 Å². The van der Waals surface area contributed by atoms with E-state index in [1.165, 1.54) is 0 Å². The Bertz CT molecular complexity index is 752. The number of aryl methyl sites for hydroxylation is 3. The highest BCUT2D eigenvalue weighted by Crippen LogP contribution is 2.22. The Hall–Kier alpha value is -1.93. The van der Waals surface area contributed by atoms with E-state index in [0.29, 0.717) is 29.3 Å². The van der Waals surface area contributed by atoms with E-state index in [2.05, 4.69) is 25.2 Å². The van der Waals surface area contributed by atoms with Crippen molar-refractivity contribution in [3.63, 3.8) is 0 Å². The molecule has 2 aromatic heterocycles. The third-order valence-corrected chi connectivity index (χ3v) is 4.61. The Labute approximate surface area is 124 Å². The highest BCUT2D eigenvalue weighted by atomic mass is 32.2. The van der Waals surface area contributed by atoms with Crippen LogP contribution in [-0.4, -0.2) is 30.6 Å². The van der Waals surface area contributed by atoms with Gasteiger partial charge in [0.1, 0.15) is 4.90 Å². The number of aromatic amines is 1. The average Bonchev–Trinajstić information content (AvgIpc) is 2.75. The van der Waals surface area contributed by atoms with Crippen LogP contribution in [0.4, 0.5) is 5.69 Å². The molecule has 0 radical (unpaired) electrons. The number of sulfonamides is 1. The van der Waals surface area contributed by atoms with Crippen molar-refractivity contribution in [1.82, 2.24) is 20.5 Å². The molecule has 0 saturated heterocycles. The van der Waals surface area contributed by atoms with Gasteiger partial charge in [-0.3, -0.25) is 14.8 Å². The van der Waals surface area contributed by atoms with Gasteiger partial charge in [0.2, 0.25) is 0 Å². The van der Waals surface area contributed by atoms with Gasteiger partial charge in [-0.25, -0.2) is 8.42 Å². The van der Waals surface area contributed by atoms with Crippen LogP contribution in [0.25, 0.3) is 0 Å². The Balaban J connectivity index is 2.41. The van der Waals surface area contributed by atoms with Crippen LogP contribution in [0.15, 0.2) is 17.0 Å². The summed E-state index contributed by atoms with van der Waals surface area (Å²) in [4.78, 5) is 4.44. The lowest BCUT2D eigenvalue weighted by Gasteiger charge is -2.11. The topological polar surface area (TPSA) is 99.8 Å². The zero-order valence-electron chi connectivity index (χ0n) is 12.5. The van der Waals surface area contributed by atoms with Crippen LogP contribution < -0.4 is 10.0 Å². The predicted octanol–water partition coefficient (Wildman–Crippen LogP) is 1.25. The van der Waals surface area contributed by atoms with Crippen LogP contribution in [0.2, 0.25) is 0 Å². The minimum absolute atomic E-state index is 0.178. The van der Waals surface area contributed by atoms with Gasteiger partial charge >= 0.3 is 0 Å². The van der Waals surface area contributed by atoms with Gasteiger partial charge in [0, 0.05) is 12.2 Å². The van der Waals surface area contributed by atoms with E-state index in [0.717, 1.165) is 5.69 Å². The van der Waals surface area contributed by atoms with Crippen molar-refractivity contribution in [3.8, 4) is 0 Å². The molecule has 2 heterocycles. The molecule has 21 heavy (non-hydrogen) atoms. The molecule has 0 bridgehead atoms. The normalized spacial score (nSPS) is 11.6. The molecular formula is C13H19N5O2S. The van der Waals surface area contributed by atoms with Crippen molar-refractivity contribution >= 4 is 15.7 Å². The van der Waals surface area contributed by atoms with Crippen molar-refractivity contribution in [1.29, 1.82) is 0 Å². The van der Waals surface area contributed by atoms with Gasteiger partial charge in [-0.2, -0.15) is 5.10 Å². The summed E-state index contributed by atoms with van der Waals surface area (Å²) in [5, 5.41) is 9.65. The minimum atomic E-state index is -3.71. The molecule has 0 aliphatic heterocycles. The van der Waals surface area contributed by atoms with E-state index < -0.39 is 10.0 Å². The number of nitrogens with one attached hydrogen (secondary N) is 3. The number of rotatable bonds is 5. The molecule has 0 aliphatic carbocycles. The minimum Gasteiger partial charge on any atom is -0.314 e. The monoisotopic (exact) mass is 309 g/mol. The second-order valence-electron chi connectivity index (χ2n) is 4.85. The number of anilines is 1. The number of H-pyrrole nitrogens is 1. The summed E-state index contributed by atoms with van der Waals surface area (Å²) in [6, 6.07) is 3.48. The van der Waals surface area contributed by atoms with Crippen LogP contribution in [0.3, 0.4) is 0 Å². The molecule has 0 saturated carbocycles. The Kier molecular flexibility index (Phi) is 4.29. The highest BCUT2D eigenvalue weighted by Gasteiger charge is 2.24. The molecule has 3 N–H and O–H groups in total. The number of nitrogens with zero attached hydrogens (tertiary/aromatic N) is 2. The molecule has 114 valence electrons. The van der Waals surface area contributed by atoms with Crippen LogP contribution >= 0.6 is 0 Å². The summed E-state index contributed by atoms with van der Waals surface area (Å²) in [6.45, 7) is 5.67. The second-order valence-corrected chi connectivity index (χ2v) is 6.47. The summed E-state index contributed by atoms with van der Waals surface area (Å²) in [7, 11) is -1.97. The molecule has 0 fully saturated rings. The number of aromatic nitrogens is 3.